The highest BCUT2D eigenvalue weighted by molar-refractivity contribution is 9.10. The van der Waals surface area contributed by atoms with E-state index in [2.05, 4.69) is 44.4 Å². The summed E-state index contributed by atoms with van der Waals surface area (Å²) < 4.78 is 1.02. The number of halogens is 1. The van der Waals surface area contributed by atoms with Gasteiger partial charge in [-0.1, -0.05) is 28.8 Å². The molecular weight excluding hydrogens is 444 g/mol. The number of nitrogens with one attached hydrogen (secondary N) is 2. The van der Waals surface area contributed by atoms with Crippen LogP contribution in [-0.4, -0.2) is 33.8 Å². The minimum Gasteiger partial charge on any atom is -0.358 e. The second-order valence-electron chi connectivity index (χ2n) is 8.96. The van der Waals surface area contributed by atoms with E-state index in [4.69, 9.17) is 0 Å². The van der Waals surface area contributed by atoms with E-state index in [1.165, 1.54) is 11.3 Å². The van der Waals surface area contributed by atoms with E-state index in [1.54, 1.807) is 0 Å². The Hall–Kier alpha value is -2.33. The van der Waals surface area contributed by atoms with E-state index in [-0.39, 0.29) is 23.7 Å². The number of rotatable bonds is 3. The lowest BCUT2D eigenvalue weighted by atomic mass is 9.77. The number of nitriles is 1. The van der Waals surface area contributed by atoms with Crippen molar-refractivity contribution in [3.63, 3.8) is 0 Å². The van der Waals surface area contributed by atoms with Crippen molar-refractivity contribution in [3.8, 4) is 6.07 Å². The van der Waals surface area contributed by atoms with Gasteiger partial charge in [0.2, 0.25) is 11.8 Å². The monoisotopic (exact) mass is 468 g/mol. The van der Waals surface area contributed by atoms with Gasteiger partial charge in [0, 0.05) is 58.0 Å². The predicted molar refractivity (Wildman–Crippen MR) is 116 cm³/mol. The van der Waals surface area contributed by atoms with Crippen LogP contribution in [0.3, 0.4) is 0 Å². The first kappa shape index (κ1) is 19.6. The molecule has 2 fully saturated rings. The fraction of sp³-hybridized carbons (Fsp3) is 0.522. The van der Waals surface area contributed by atoms with Crippen LogP contribution in [0.1, 0.15) is 49.8 Å². The van der Waals surface area contributed by atoms with Gasteiger partial charge in [-0.15, -0.1) is 0 Å². The van der Waals surface area contributed by atoms with Crippen LogP contribution < -0.4 is 5.32 Å². The average Bonchev–Trinajstić information content (AvgIpc) is 3.45. The van der Waals surface area contributed by atoms with Gasteiger partial charge in [-0.3, -0.25) is 9.59 Å². The largest absolute Gasteiger partial charge is 0.358 e. The number of aromatic nitrogens is 1. The maximum Gasteiger partial charge on any atom is 0.226 e. The minimum absolute atomic E-state index is 0.0895. The number of benzene rings is 1. The van der Waals surface area contributed by atoms with Crippen molar-refractivity contribution in [1.29, 1.82) is 5.26 Å². The molecule has 2 aliphatic carbocycles. The number of H-pyrrole nitrogens is 1. The highest BCUT2D eigenvalue weighted by Crippen LogP contribution is 2.38. The number of fused-ring (bicyclic) bond motifs is 3. The number of aromatic amines is 1. The average molecular weight is 469 g/mol. The molecule has 6 nitrogen and oxygen atoms in total. The molecule has 2 N–H and O–H groups in total. The zero-order valence-electron chi connectivity index (χ0n) is 16.8. The lowest BCUT2D eigenvalue weighted by molar-refractivity contribution is -0.144. The summed E-state index contributed by atoms with van der Waals surface area (Å²) >= 11 is 3.55. The third kappa shape index (κ3) is 3.41. The summed E-state index contributed by atoms with van der Waals surface area (Å²) in [5.41, 5.74) is 2.80. The molecular formula is C23H25BrN4O2. The van der Waals surface area contributed by atoms with Crippen molar-refractivity contribution in [1.82, 2.24) is 15.2 Å². The molecule has 0 radical (unpaired) electrons. The van der Waals surface area contributed by atoms with Crippen molar-refractivity contribution >= 4 is 38.6 Å². The van der Waals surface area contributed by atoms with Crippen LogP contribution in [0.4, 0.5) is 0 Å². The Labute approximate surface area is 184 Å². The molecule has 1 aromatic heterocycles. The van der Waals surface area contributed by atoms with Gasteiger partial charge in [-0.2, -0.15) is 5.26 Å². The van der Waals surface area contributed by atoms with Crippen LogP contribution in [0.15, 0.2) is 22.7 Å². The number of carbonyl (C=O) groups is 2. The van der Waals surface area contributed by atoms with Gasteiger partial charge < -0.3 is 15.2 Å². The Kier molecular flexibility index (Phi) is 4.85. The van der Waals surface area contributed by atoms with Crippen molar-refractivity contribution in [2.75, 3.05) is 6.54 Å². The molecule has 2 amide bonds. The van der Waals surface area contributed by atoms with Gasteiger partial charge in [0.15, 0.2) is 0 Å². The smallest absolute Gasteiger partial charge is 0.226 e. The number of carbonyl (C=O) groups excluding carboxylic acids is 2. The number of amides is 2. The van der Waals surface area contributed by atoms with E-state index in [9.17, 15) is 14.9 Å². The van der Waals surface area contributed by atoms with E-state index < -0.39 is 5.54 Å². The Morgan fingerprint density at radius 1 is 1.23 bits per heavy atom. The van der Waals surface area contributed by atoms with Gasteiger partial charge in [-0.25, -0.2) is 0 Å². The lowest BCUT2D eigenvalue weighted by Gasteiger charge is -2.36. The molecule has 5 rings (SSSR count). The highest BCUT2D eigenvalue weighted by Gasteiger charge is 2.47. The Morgan fingerprint density at radius 3 is 2.73 bits per heavy atom. The van der Waals surface area contributed by atoms with E-state index in [0.29, 0.717) is 25.9 Å². The van der Waals surface area contributed by atoms with Gasteiger partial charge in [0.25, 0.3) is 0 Å². The molecule has 0 saturated heterocycles. The van der Waals surface area contributed by atoms with Crippen LogP contribution in [0.2, 0.25) is 0 Å². The van der Waals surface area contributed by atoms with Crippen LogP contribution in [0.25, 0.3) is 10.9 Å². The summed E-state index contributed by atoms with van der Waals surface area (Å²) in [5, 5.41) is 13.4. The Balaban J connectivity index is 1.36. The Bertz CT molecular complexity index is 1070. The first-order valence-electron chi connectivity index (χ1n) is 10.8. The second kappa shape index (κ2) is 7.42. The molecule has 2 atom stereocenters. The lowest BCUT2D eigenvalue weighted by Crippen LogP contribution is -2.48. The second-order valence-corrected chi connectivity index (χ2v) is 9.88. The molecule has 0 spiro atoms. The summed E-state index contributed by atoms with van der Waals surface area (Å²) in [6.07, 6.45) is 5.64. The maximum absolute atomic E-state index is 13.5. The third-order valence-corrected chi connectivity index (χ3v) is 7.49. The van der Waals surface area contributed by atoms with Crippen molar-refractivity contribution in [2.45, 2.75) is 57.0 Å². The molecule has 2 aromatic rings. The summed E-state index contributed by atoms with van der Waals surface area (Å²) in [4.78, 5) is 31.9. The van der Waals surface area contributed by atoms with Crippen LogP contribution in [-0.2, 0) is 22.6 Å². The molecule has 0 unspecified atom stereocenters. The molecule has 1 aliphatic heterocycles. The third-order valence-electron chi connectivity index (χ3n) is 7.00. The molecule has 156 valence electrons. The van der Waals surface area contributed by atoms with E-state index in [0.717, 1.165) is 47.5 Å². The van der Waals surface area contributed by atoms with Crippen molar-refractivity contribution in [2.24, 2.45) is 11.8 Å². The zero-order valence-corrected chi connectivity index (χ0v) is 18.4. The van der Waals surface area contributed by atoms with Crippen LogP contribution >= 0.6 is 15.9 Å². The van der Waals surface area contributed by atoms with Gasteiger partial charge in [0.1, 0.15) is 5.54 Å². The number of hydrogen-bond donors (Lipinski definition) is 2. The normalized spacial score (nSPS) is 24.7. The maximum atomic E-state index is 13.5. The van der Waals surface area contributed by atoms with Crippen molar-refractivity contribution in [3.05, 3.63) is 33.9 Å². The van der Waals surface area contributed by atoms with E-state index in [1.807, 2.05) is 11.0 Å². The van der Waals surface area contributed by atoms with Gasteiger partial charge >= 0.3 is 0 Å². The standard InChI is InChI=1S/C23H25BrN4O2/c24-14-5-6-19-17(11-14)18-12-28(10-7-20(18)26-19)22(30)16-4-2-1-3-15(16)21(29)27-23(13-25)8-9-23/h5-6,11,15-16,26H,1-4,7-10,12H2,(H,27,29)/t15-,16-/m1/s1. The molecule has 0 bridgehead atoms. The Morgan fingerprint density at radius 2 is 2.00 bits per heavy atom. The number of hydrogen-bond acceptors (Lipinski definition) is 3. The first-order valence-corrected chi connectivity index (χ1v) is 11.6. The molecule has 2 saturated carbocycles. The summed E-state index contributed by atoms with van der Waals surface area (Å²) in [5.74, 6) is -0.630. The van der Waals surface area contributed by atoms with Crippen molar-refractivity contribution < 1.29 is 9.59 Å². The molecule has 2 heterocycles. The summed E-state index contributed by atoms with van der Waals surface area (Å²) in [6.45, 7) is 1.25. The summed E-state index contributed by atoms with van der Waals surface area (Å²) in [6, 6.07) is 8.41. The molecule has 30 heavy (non-hydrogen) atoms. The predicted octanol–water partition coefficient (Wildman–Crippen LogP) is 3.79. The minimum atomic E-state index is -0.681. The van der Waals surface area contributed by atoms with Gasteiger partial charge in [0.05, 0.1) is 6.07 Å². The van der Waals surface area contributed by atoms with Crippen LogP contribution in [0, 0.1) is 23.2 Å². The fourth-order valence-corrected chi connectivity index (χ4v) is 5.43. The van der Waals surface area contributed by atoms with Gasteiger partial charge in [-0.05, 0) is 43.9 Å². The molecule has 3 aliphatic rings. The topological polar surface area (TPSA) is 89.0 Å². The van der Waals surface area contributed by atoms with Crippen LogP contribution in [0.5, 0.6) is 0 Å². The quantitative estimate of drug-likeness (QED) is 0.717. The zero-order chi connectivity index (χ0) is 20.9. The fourth-order valence-electron chi connectivity index (χ4n) is 5.07. The van der Waals surface area contributed by atoms with E-state index >= 15 is 0 Å². The number of nitrogens with zero attached hydrogens (tertiary/aromatic N) is 2. The molecule has 1 aromatic carbocycles. The first-order chi connectivity index (χ1) is 14.5. The SMILES string of the molecule is N#CC1(NC(=O)[C@@H]2CCCC[C@H]2C(=O)N2CCc3[nH]c4ccc(Br)cc4c3C2)CC1. The summed E-state index contributed by atoms with van der Waals surface area (Å²) in [7, 11) is 0. The molecule has 7 heteroatoms. The highest BCUT2D eigenvalue weighted by atomic mass is 79.9.